The van der Waals surface area contributed by atoms with Gasteiger partial charge in [0.2, 0.25) is 5.82 Å². The molecule has 0 spiro atoms. The van der Waals surface area contributed by atoms with Gasteiger partial charge >= 0.3 is 0 Å². The topological polar surface area (TPSA) is 86.2 Å². The lowest BCUT2D eigenvalue weighted by atomic mass is 10.2. The molecule has 2 aromatic rings. The van der Waals surface area contributed by atoms with Gasteiger partial charge in [0.25, 0.3) is 5.91 Å². The highest BCUT2D eigenvalue weighted by molar-refractivity contribution is 5.91. The molecule has 6 nitrogen and oxygen atoms in total. The van der Waals surface area contributed by atoms with E-state index in [1.54, 1.807) is 10.8 Å². The van der Waals surface area contributed by atoms with E-state index in [9.17, 15) is 4.79 Å². The van der Waals surface area contributed by atoms with Gasteiger partial charge in [-0.25, -0.2) is 0 Å². The maximum Gasteiger partial charge on any atom is 0.287 e. The highest BCUT2D eigenvalue weighted by Crippen LogP contribution is 2.19. The number of aromatic nitrogens is 3. The monoisotopic (exact) mass is 227 g/mol. The Morgan fingerprint density at radius 2 is 2.12 bits per heavy atom. The van der Waals surface area contributed by atoms with E-state index in [2.05, 4.69) is 15.2 Å². The molecule has 1 aliphatic rings. The van der Waals surface area contributed by atoms with Crippen LogP contribution in [0.25, 0.3) is 5.69 Å². The van der Waals surface area contributed by atoms with Crippen LogP contribution in [0.1, 0.15) is 22.0 Å². The lowest BCUT2D eigenvalue weighted by Crippen LogP contribution is -2.18. The minimum atomic E-state index is -0.597. The van der Waals surface area contributed by atoms with Crippen molar-refractivity contribution in [3.63, 3.8) is 0 Å². The van der Waals surface area contributed by atoms with Crippen molar-refractivity contribution in [3.8, 4) is 5.69 Å². The zero-order valence-corrected chi connectivity index (χ0v) is 8.87. The van der Waals surface area contributed by atoms with Crippen LogP contribution in [0.2, 0.25) is 0 Å². The summed E-state index contributed by atoms with van der Waals surface area (Å²) in [7, 11) is 0. The Hall–Kier alpha value is -2.50. The van der Waals surface area contributed by atoms with Crippen LogP contribution in [0.5, 0.6) is 0 Å². The van der Waals surface area contributed by atoms with Crippen LogP contribution >= 0.6 is 0 Å². The molecule has 6 heteroatoms. The molecule has 0 unspecified atom stereocenters. The first kappa shape index (κ1) is 9.71. The van der Waals surface area contributed by atoms with Gasteiger partial charge in [0.15, 0.2) is 5.82 Å². The third-order valence-electron chi connectivity index (χ3n) is 2.59. The fourth-order valence-corrected chi connectivity index (χ4v) is 1.86. The zero-order chi connectivity index (χ0) is 11.8. The second-order valence-corrected chi connectivity index (χ2v) is 3.67. The third kappa shape index (κ3) is 1.42. The molecule has 3 rings (SSSR count). The van der Waals surface area contributed by atoms with Gasteiger partial charge in [0, 0.05) is 11.8 Å². The van der Waals surface area contributed by atoms with Crippen molar-refractivity contribution in [2.75, 3.05) is 0 Å². The normalized spacial score (nSPS) is 12.7. The summed E-state index contributed by atoms with van der Waals surface area (Å²) in [6.07, 6.45) is 1.76. The Morgan fingerprint density at radius 1 is 1.29 bits per heavy atom. The maximum absolute atomic E-state index is 11.3. The van der Waals surface area contributed by atoms with Crippen molar-refractivity contribution in [3.05, 3.63) is 41.5 Å². The summed E-state index contributed by atoms with van der Waals surface area (Å²) in [4.78, 5) is 15.5. The number of para-hydroxylation sites is 1. The number of nitrogens with zero attached hydrogens (tertiary/aromatic N) is 4. The van der Waals surface area contributed by atoms with Gasteiger partial charge in [0.1, 0.15) is 0 Å². The van der Waals surface area contributed by atoms with Gasteiger partial charge in [-0.05, 0) is 6.07 Å². The van der Waals surface area contributed by atoms with E-state index in [1.807, 2.05) is 24.3 Å². The molecule has 1 aromatic heterocycles. The molecule has 0 fully saturated rings. The number of fused-ring (bicyclic) bond motifs is 3. The molecule has 0 saturated carbocycles. The maximum atomic E-state index is 11.3. The third-order valence-corrected chi connectivity index (χ3v) is 2.59. The number of primary amides is 1. The molecular weight excluding hydrogens is 218 g/mol. The average molecular weight is 227 g/mol. The number of hydrogen-bond acceptors (Lipinski definition) is 4. The summed E-state index contributed by atoms with van der Waals surface area (Å²) in [6.45, 7) is 0.384. The minimum absolute atomic E-state index is 0.137. The summed E-state index contributed by atoms with van der Waals surface area (Å²) >= 11 is 0. The lowest BCUT2D eigenvalue weighted by molar-refractivity contribution is 0.0988. The Balaban J connectivity index is 2.33. The van der Waals surface area contributed by atoms with Crippen LogP contribution in [0.4, 0.5) is 0 Å². The largest absolute Gasteiger partial charge is 0.363 e. The van der Waals surface area contributed by atoms with Crippen molar-refractivity contribution in [1.29, 1.82) is 0 Å². The summed E-state index contributed by atoms with van der Waals surface area (Å²) in [6, 6.07) is 7.58. The standard InChI is InChI=1S/C11H9N5O/c12-10(17)11-15-14-9-6-13-5-7-3-1-2-4-8(7)16(9)11/h1-5H,6H2,(H2,12,17). The number of nitrogens with two attached hydrogens (primary N) is 1. The molecule has 84 valence electrons. The van der Waals surface area contributed by atoms with Gasteiger partial charge in [-0.1, -0.05) is 18.2 Å². The average Bonchev–Trinajstić information content (AvgIpc) is 2.66. The fraction of sp³-hybridized carbons (Fsp3) is 0.0909. The number of aliphatic imine (C=N–C) groups is 1. The number of benzene rings is 1. The number of rotatable bonds is 1. The fourth-order valence-electron chi connectivity index (χ4n) is 1.86. The summed E-state index contributed by atoms with van der Waals surface area (Å²) in [5, 5.41) is 7.74. The van der Waals surface area contributed by atoms with Crippen LogP contribution in [-0.4, -0.2) is 26.9 Å². The van der Waals surface area contributed by atoms with Gasteiger partial charge < -0.3 is 5.73 Å². The predicted molar refractivity (Wildman–Crippen MR) is 61.2 cm³/mol. The van der Waals surface area contributed by atoms with Crippen LogP contribution in [0, 0.1) is 0 Å². The van der Waals surface area contributed by atoms with E-state index in [4.69, 9.17) is 5.73 Å². The highest BCUT2D eigenvalue weighted by atomic mass is 16.1. The Bertz CT molecular complexity index is 629. The van der Waals surface area contributed by atoms with E-state index < -0.39 is 5.91 Å². The quantitative estimate of drug-likeness (QED) is 0.760. The van der Waals surface area contributed by atoms with Gasteiger partial charge in [0.05, 0.1) is 12.2 Å². The predicted octanol–water partition coefficient (Wildman–Crippen LogP) is 0.299. The molecule has 0 bridgehead atoms. The SMILES string of the molecule is NC(=O)c1nnc2n1-c1ccccc1C=NC2. The molecule has 17 heavy (non-hydrogen) atoms. The molecule has 1 amide bonds. The highest BCUT2D eigenvalue weighted by Gasteiger charge is 2.20. The van der Waals surface area contributed by atoms with Crippen molar-refractivity contribution in [1.82, 2.24) is 14.8 Å². The van der Waals surface area contributed by atoms with Crippen molar-refractivity contribution in [2.24, 2.45) is 10.7 Å². The summed E-state index contributed by atoms with van der Waals surface area (Å²) in [5.74, 6) is 0.151. The van der Waals surface area contributed by atoms with E-state index in [0.29, 0.717) is 12.4 Å². The van der Waals surface area contributed by atoms with E-state index in [0.717, 1.165) is 11.3 Å². The van der Waals surface area contributed by atoms with Gasteiger partial charge in [-0.2, -0.15) is 0 Å². The van der Waals surface area contributed by atoms with Crippen LogP contribution in [0.15, 0.2) is 29.3 Å². The number of carbonyl (C=O) groups excluding carboxylic acids is 1. The molecule has 2 heterocycles. The number of hydrogen-bond donors (Lipinski definition) is 1. The Morgan fingerprint density at radius 3 is 2.94 bits per heavy atom. The summed E-state index contributed by atoms with van der Waals surface area (Å²) in [5.41, 5.74) is 7.02. The molecule has 0 saturated heterocycles. The molecule has 0 radical (unpaired) electrons. The lowest BCUT2D eigenvalue weighted by Gasteiger charge is -2.08. The smallest absolute Gasteiger partial charge is 0.287 e. The van der Waals surface area contributed by atoms with Gasteiger partial charge in [-0.3, -0.25) is 14.4 Å². The van der Waals surface area contributed by atoms with Crippen LogP contribution in [-0.2, 0) is 6.54 Å². The van der Waals surface area contributed by atoms with E-state index in [1.165, 1.54) is 0 Å². The van der Waals surface area contributed by atoms with Crippen LogP contribution < -0.4 is 5.73 Å². The molecule has 1 aromatic carbocycles. The minimum Gasteiger partial charge on any atom is -0.363 e. The van der Waals surface area contributed by atoms with E-state index >= 15 is 0 Å². The first-order valence-corrected chi connectivity index (χ1v) is 5.10. The Kier molecular flexibility index (Phi) is 2.01. The summed E-state index contributed by atoms with van der Waals surface area (Å²) < 4.78 is 1.66. The molecule has 1 aliphatic heterocycles. The first-order chi connectivity index (χ1) is 8.27. The van der Waals surface area contributed by atoms with Crippen molar-refractivity contribution in [2.45, 2.75) is 6.54 Å². The van der Waals surface area contributed by atoms with E-state index in [-0.39, 0.29) is 5.82 Å². The zero-order valence-electron chi connectivity index (χ0n) is 8.87. The first-order valence-electron chi connectivity index (χ1n) is 5.10. The number of carbonyl (C=O) groups is 1. The van der Waals surface area contributed by atoms with Crippen molar-refractivity contribution < 1.29 is 4.79 Å². The molecule has 0 atom stereocenters. The van der Waals surface area contributed by atoms with Crippen molar-refractivity contribution >= 4 is 12.1 Å². The number of amides is 1. The van der Waals surface area contributed by atoms with Crippen LogP contribution in [0.3, 0.4) is 0 Å². The molecule has 0 aliphatic carbocycles. The Labute approximate surface area is 96.8 Å². The second kappa shape index (κ2) is 3.51. The molecular formula is C11H9N5O. The molecule has 2 N–H and O–H groups in total. The van der Waals surface area contributed by atoms with Gasteiger partial charge in [-0.15, -0.1) is 10.2 Å². The second-order valence-electron chi connectivity index (χ2n) is 3.67.